The first-order valence-corrected chi connectivity index (χ1v) is 5.31. The molecule has 78 valence electrons. The third-order valence-electron chi connectivity index (χ3n) is 2.59. The number of carbonyl (C=O) groups is 1. The second kappa shape index (κ2) is 4.49. The zero-order chi connectivity index (χ0) is 10.7. The molecule has 0 amide bonds. The molecule has 0 N–H and O–H groups in total. The highest BCUT2D eigenvalue weighted by Gasteiger charge is 2.13. The molecule has 0 radical (unpaired) electrons. The lowest BCUT2D eigenvalue weighted by atomic mass is 10.0. The van der Waals surface area contributed by atoms with Crippen LogP contribution >= 0.6 is 11.6 Å². The van der Waals surface area contributed by atoms with Gasteiger partial charge in [0.05, 0.1) is 0 Å². The first-order valence-electron chi connectivity index (χ1n) is 4.93. The van der Waals surface area contributed by atoms with Crippen molar-refractivity contribution in [1.82, 2.24) is 4.90 Å². The van der Waals surface area contributed by atoms with Crippen molar-refractivity contribution in [2.75, 3.05) is 6.54 Å². The van der Waals surface area contributed by atoms with E-state index in [1.165, 1.54) is 17.2 Å². The van der Waals surface area contributed by atoms with E-state index in [2.05, 4.69) is 11.0 Å². The van der Waals surface area contributed by atoms with Gasteiger partial charge in [0.25, 0.3) is 0 Å². The van der Waals surface area contributed by atoms with Crippen molar-refractivity contribution in [3.05, 3.63) is 46.6 Å². The van der Waals surface area contributed by atoms with Crippen LogP contribution in [0, 0.1) is 0 Å². The highest BCUT2D eigenvalue weighted by molar-refractivity contribution is 6.30. The van der Waals surface area contributed by atoms with Crippen LogP contribution in [0.2, 0.25) is 5.02 Å². The smallest absolute Gasteiger partial charge is 0.144 e. The Kier molecular flexibility index (Phi) is 3.07. The summed E-state index contributed by atoms with van der Waals surface area (Å²) in [6.07, 6.45) is 5.16. The lowest BCUT2D eigenvalue weighted by Crippen LogP contribution is -2.25. The van der Waals surface area contributed by atoms with Crippen molar-refractivity contribution in [3.63, 3.8) is 0 Å². The molecule has 1 heterocycles. The number of fused-ring (bicyclic) bond motifs is 1. The number of halogens is 1. The summed E-state index contributed by atoms with van der Waals surface area (Å²) in [7, 11) is 0. The molecule has 1 aromatic rings. The van der Waals surface area contributed by atoms with Crippen molar-refractivity contribution in [1.29, 1.82) is 0 Å². The Morgan fingerprint density at radius 3 is 3.00 bits per heavy atom. The zero-order valence-corrected chi connectivity index (χ0v) is 9.07. The minimum Gasteiger partial charge on any atom is -0.373 e. The fraction of sp³-hybridized carbons (Fsp3) is 0.250. The average molecular weight is 222 g/mol. The number of benzene rings is 1. The zero-order valence-electron chi connectivity index (χ0n) is 8.32. The summed E-state index contributed by atoms with van der Waals surface area (Å²) in [6.45, 7) is 1.79. The number of allylic oxidation sites excluding steroid dienone is 1. The van der Waals surface area contributed by atoms with Crippen LogP contribution in [0.3, 0.4) is 0 Å². The molecule has 0 aliphatic carbocycles. The average Bonchev–Trinajstić information content (AvgIpc) is 2.25. The number of nitrogens with zero attached hydrogens (tertiary/aromatic N) is 1. The van der Waals surface area contributed by atoms with E-state index < -0.39 is 0 Å². The lowest BCUT2D eigenvalue weighted by molar-refractivity contribution is -0.104. The van der Waals surface area contributed by atoms with Crippen molar-refractivity contribution in [2.45, 2.75) is 13.0 Å². The molecule has 0 saturated carbocycles. The van der Waals surface area contributed by atoms with Crippen LogP contribution in [-0.4, -0.2) is 17.7 Å². The van der Waals surface area contributed by atoms with Crippen LogP contribution < -0.4 is 0 Å². The summed E-state index contributed by atoms with van der Waals surface area (Å²) >= 11 is 5.94. The van der Waals surface area contributed by atoms with Crippen molar-refractivity contribution < 1.29 is 4.79 Å². The number of hydrogen-bond acceptors (Lipinski definition) is 2. The molecular formula is C12H12ClNO. The van der Waals surface area contributed by atoms with E-state index in [0.717, 1.165) is 30.8 Å². The van der Waals surface area contributed by atoms with Crippen LogP contribution in [0.5, 0.6) is 0 Å². The van der Waals surface area contributed by atoms with Crippen LogP contribution in [0.1, 0.15) is 11.1 Å². The van der Waals surface area contributed by atoms with Crippen LogP contribution in [0.25, 0.3) is 0 Å². The predicted molar refractivity (Wildman–Crippen MR) is 60.8 cm³/mol. The van der Waals surface area contributed by atoms with E-state index in [1.807, 2.05) is 18.3 Å². The lowest BCUT2D eigenvalue weighted by Gasteiger charge is -2.27. The third-order valence-corrected chi connectivity index (χ3v) is 2.82. The van der Waals surface area contributed by atoms with Gasteiger partial charge in [-0.05, 0) is 35.8 Å². The highest BCUT2D eigenvalue weighted by Crippen LogP contribution is 2.22. The second-order valence-electron chi connectivity index (χ2n) is 3.61. The largest absolute Gasteiger partial charge is 0.373 e. The van der Waals surface area contributed by atoms with Gasteiger partial charge in [-0.15, -0.1) is 0 Å². The molecule has 1 aliphatic heterocycles. The van der Waals surface area contributed by atoms with Gasteiger partial charge in [0.1, 0.15) is 6.29 Å². The Balaban J connectivity index is 2.18. The summed E-state index contributed by atoms with van der Waals surface area (Å²) in [6, 6.07) is 6.01. The Bertz CT molecular complexity index is 401. The molecule has 0 atom stereocenters. The Morgan fingerprint density at radius 2 is 2.20 bits per heavy atom. The Morgan fingerprint density at radius 1 is 1.33 bits per heavy atom. The Labute approximate surface area is 94.2 Å². The topological polar surface area (TPSA) is 20.3 Å². The monoisotopic (exact) mass is 221 g/mol. The molecule has 0 bridgehead atoms. The van der Waals surface area contributed by atoms with E-state index in [0.29, 0.717) is 0 Å². The van der Waals surface area contributed by atoms with E-state index in [1.54, 1.807) is 0 Å². The van der Waals surface area contributed by atoms with Gasteiger partial charge in [-0.25, -0.2) is 0 Å². The third kappa shape index (κ3) is 2.39. The summed E-state index contributed by atoms with van der Waals surface area (Å²) in [5.41, 5.74) is 2.61. The molecule has 2 rings (SSSR count). The van der Waals surface area contributed by atoms with Gasteiger partial charge in [-0.2, -0.15) is 0 Å². The molecule has 0 saturated heterocycles. The van der Waals surface area contributed by atoms with Crippen LogP contribution in [0.4, 0.5) is 0 Å². The van der Waals surface area contributed by atoms with Crippen molar-refractivity contribution in [2.24, 2.45) is 0 Å². The molecule has 3 heteroatoms. The molecule has 0 spiro atoms. The summed E-state index contributed by atoms with van der Waals surface area (Å²) in [4.78, 5) is 12.3. The van der Waals surface area contributed by atoms with Gasteiger partial charge in [0.15, 0.2) is 0 Å². The minimum absolute atomic E-state index is 0.773. The predicted octanol–water partition coefficient (Wildman–Crippen LogP) is 2.41. The maximum Gasteiger partial charge on any atom is 0.144 e. The molecule has 1 aromatic carbocycles. The maximum atomic E-state index is 10.2. The Hall–Kier alpha value is -1.28. The number of rotatable bonds is 2. The summed E-state index contributed by atoms with van der Waals surface area (Å²) in [5.74, 6) is 0. The van der Waals surface area contributed by atoms with Gasteiger partial charge in [0, 0.05) is 24.3 Å². The molecule has 15 heavy (non-hydrogen) atoms. The number of carbonyl (C=O) groups excluding carboxylic acids is 1. The quantitative estimate of drug-likeness (QED) is 0.565. The van der Waals surface area contributed by atoms with E-state index >= 15 is 0 Å². The molecule has 1 aliphatic rings. The minimum atomic E-state index is 0.773. The summed E-state index contributed by atoms with van der Waals surface area (Å²) in [5, 5.41) is 0.773. The van der Waals surface area contributed by atoms with Gasteiger partial charge in [-0.1, -0.05) is 17.7 Å². The fourth-order valence-corrected chi connectivity index (χ4v) is 2.03. The SMILES string of the molecule is O=CC=CN1CCc2ccc(Cl)cc2C1. The number of aldehydes is 1. The molecule has 2 nitrogen and oxygen atoms in total. The second-order valence-corrected chi connectivity index (χ2v) is 4.05. The summed E-state index contributed by atoms with van der Waals surface area (Å²) < 4.78 is 0. The van der Waals surface area contributed by atoms with Gasteiger partial charge >= 0.3 is 0 Å². The van der Waals surface area contributed by atoms with Crippen molar-refractivity contribution in [3.8, 4) is 0 Å². The van der Waals surface area contributed by atoms with Crippen LogP contribution in [0.15, 0.2) is 30.5 Å². The highest BCUT2D eigenvalue weighted by atomic mass is 35.5. The van der Waals surface area contributed by atoms with Gasteiger partial charge < -0.3 is 4.90 Å². The molecule has 0 fully saturated rings. The van der Waals surface area contributed by atoms with E-state index in [4.69, 9.17) is 11.6 Å². The maximum absolute atomic E-state index is 10.2. The van der Waals surface area contributed by atoms with Gasteiger partial charge in [0.2, 0.25) is 0 Å². The van der Waals surface area contributed by atoms with E-state index in [9.17, 15) is 4.79 Å². The normalized spacial score (nSPS) is 15.4. The van der Waals surface area contributed by atoms with Gasteiger partial charge in [-0.3, -0.25) is 4.79 Å². The fourth-order valence-electron chi connectivity index (χ4n) is 1.83. The number of hydrogen-bond donors (Lipinski definition) is 0. The van der Waals surface area contributed by atoms with E-state index in [-0.39, 0.29) is 0 Å². The first-order chi connectivity index (χ1) is 7.29. The standard InChI is InChI=1S/C12H12ClNO/c13-12-3-2-10-4-6-14(5-1-7-15)9-11(10)8-12/h1-3,5,7-8H,4,6,9H2. The molecule has 0 aromatic heterocycles. The van der Waals surface area contributed by atoms with Crippen molar-refractivity contribution >= 4 is 17.9 Å². The van der Waals surface area contributed by atoms with Crippen LogP contribution in [-0.2, 0) is 17.8 Å². The first kappa shape index (κ1) is 10.2. The molecular weight excluding hydrogens is 210 g/mol. The molecule has 0 unspecified atom stereocenters.